The van der Waals surface area contributed by atoms with E-state index >= 15 is 0 Å². The van der Waals surface area contributed by atoms with Crippen LogP contribution in [-0.2, 0) is 0 Å². The van der Waals surface area contributed by atoms with Gasteiger partial charge in [0.2, 0.25) is 0 Å². The fourth-order valence-corrected chi connectivity index (χ4v) is 3.72. The lowest BCUT2D eigenvalue weighted by molar-refractivity contribution is 0.217. The lowest BCUT2D eigenvalue weighted by Gasteiger charge is -2.27. The van der Waals surface area contributed by atoms with Crippen molar-refractivity contribution in [2.24, 2.45) is 0 Å². The maximum atomic E-state index is 9.57. The van der Waals surface area contributed by atoms with Crippen molar-refractivity contribution in [3.05, 3.63) is 26.9 Å². The van der Waals surface area contributed by atoms with Crippen molar-refractivity contribution < 1.29 is 5.11 Å². The minimum Gasteiger partial charge on any atom is -0.394 e. The molecule has 1 heterocycles. The molecule has 0 bridgehead atoms. The molecule has 18 heavy (non-hydrogen) atoms. The largest absolute Gasteiger partial charge is 0.394 e. The van der Waals surface area contributed by atoms with Gasteiger partial charge in [-0.15, -0.1) is 0 Å². The number of hydrogen-bond acceptors (Lipinski definition) is 3. The van der Waals surface area contributed by atoms with E-state index in [-0.39, 0.29) is 12.6 Å². The predicted octanol–water partition coefficient (Wildman–Crippen LogP) is 3.56. The fourth-order valence-electron chi connectivity index (χ4n) is 2.45. The molecule has 0 amide bonds. The van der Waals surface area contributed by atoms with E-state index in [1.54, 1.807) is 6.20 Å². The van der Waals surface area contributed by atoms with Crippen molar-refractivity contribution in [2.75, 3.05) is 6.61 Å². The van der Waals surface area contributed by atoms with Crippen LogP contribution in [0.5, 0.6) is 0 Å². The van der Waals surface area contributed by atoms with E-state index < -0.39 is 0 Å². The van der Waals surface area contributed by atoms with Gasteiger partial charge in [0.15, 0.2) is 0 Å². The van der Waals surface area contributed by atoms with Crippen molar-refractivity contribution in [3.8, 4) is 0 Å². The first-order valence-corrected chi connectivity index (χ1v) is 7.97. The van der Waals surface area contributed by atoms with Crippen molar-refractivity contribution in [3.63, 3.8) is 0 Å². The van der Waals surface area contributed by atoms with Crippen LogP contribution in [0.2, 0.25) is 0 Å². The van der Waals surface area contributed by atoms with Gasteiger partial charge in [0, 0.05) is 21.2 Å². The van der Waals surface area contributed by atoms with E-state index in [1.807, 2.05) is 6.07 Å². The number of hydrogen-bond donors (Lipinski definition) is 2. The topological polar surface area (TPSA) is 45.1 Å². The third-order valence-corrected chi connectivity index (χ3v) is 4.46. The summed E-state index contributed by atoms with van der Waals surface area (Å²) >= 11 is 6.90. The third kappa shape index (κ3) is 3.76. The summed E-state index contributed by atoms with van der Waals surface area (Å²) in [5, 5.41) is 13.1. The molecule has 1 aliphatic rings. The van der Waals surface area contributed by atoms with Gasteiger partial charge in [0.25, 0.3) is 0 Å². The van der Waals surface area contributed by atoms with Gasteiger partial charge in [-0.2, -0.15) is 0 Å². The number of aromatic nitrogens is 1. The molecule has 100 valence electrons. The summed E-state index contributed by atoms with van der Waals surface area (Å²) < 4.78 is 1.87. The maximum absolute atomic E-state index is 9.57. The molecule has 0 radical (unpaired) electrons. The number of pyridine rings is 1. The molecule has 0 aromatic carbocycles. The van der Waals surface area contributed by atoms with Crippen molar-refractivity contribution in [1.82, 2.24) is 10.3 Å². The summed E-state index contributed by atoms with van der Waals surface area (Å²) in [6.07, 6.45) is 8.07. The molecule has 1 aromatic rings. The first kappa shape index (κ1) is 14.4. The normalized spacial score (nSPS) is 18.8. The molecule has 1 atom stereocenters. The van der Waals surface area contributed by atoms with Crippen LogP contribution in [0, 0.1) is 0 Å². The maximum Gasteiger partial charge on any atom is 0.0743 e. The van der Waals surface area contributed by atoms with Crippen LogP contribution in [-0.4, -0.2) is 22.7 Å². The molecule has 1 aliphatic carbocycles. The van der Waals surface area contributed by atoms with Crippen LogP contribution < -0.4 is 5.32 Å². The molecule has 0 saturated heterocycles. The van der Waals surface area contributed by atoms with E-state index in [0.717, 1.165) is 14.6 Å². The highest BCUT2D eigenvalue weighted by Gasteiger charge is 2.21. The molecule has 1 saturated carbocycles. The molecule has 0 aliphatic heterocycles. The number of halogens is 2. The Morgan fingerprint density at radius 1 is 1.33 bits per heavy atom. The summed E-state index contributed by atoms with van der Waals surface area (Å²) in [5.41, 5.74) is 0.881. The molecular weight excluding hydrogens is 360 g/mol. The van der Waals surface area contributed by atoms with Gasteiger partial charge < -0.3 is 10.4 Å². The Balaban J connectivity index is 2.07. The van der Waals surface area contributed by atoms with Crippen LogP contribution >= 0.6 is 31.9 Å². The zero-order valence-electron chi connectivity index (χ0n) is 10.2. The van der Waals surface area contributed by atoms with Crippen LogP contribution in [0.3, 0.4) is 0 Å². The van der Waals surface area contributed by atoms with E-state index in [4.69, 9.17) is 0 Å². The summed E-state index contributed by atoms with van der Waals surface area (Å²) in [6.45, 7) is 0.0731. The minimum atomic E-state index is -0.0874. The van der Waals surface area contributed by atoms with E-state index in [9.17, 15) is 5.11 Å². The number of nitrogens with zero attached hydrogens (tertiary/aromatic N) is 1. The quantitative estimate of drug-likeness (QED) is 0.843. The number of aliphatic hydroxyl groups excluding tert-OH is 1. The second kappa shape index (κ2) is 6.98. The average molecular weight is 378 g/mol. The first-order chi connectivity index (χ1) is 8.70. The summed E-state index contributed by atoms with van der Waals surface area (Å²) in [6, 6.07) is 2.39. The molecule has 1 unspecified atom stereocenters. The highest BCUT2D eigenvalue weighted by atomic mass is 79.9. The molecule has 2 N–H and O–H groups in total. The molecule has 0 spiro atoms. The SMILES string of the molecule is OCC(NC1CCCCC1)c1ncc(Br)cc1Br. The third-order valence-electron chi connectivity index (χ3n) is 3.39. The molecule has 1 fully saturated rings. The van der Waals surface area contributed by atoms with Crippen molar-refractivity contribution in [2.45, 2.75) is 44.2 Å². The van der Waals surface area contributed by atoms with Crippen LogP contribution in [0.25, 0.3) is 0 Å². The molecule has 3 nitrogen and oxygen atoms in total. The van der Waals surface area contributed by atoms with Gasteiger partial charge in [0.05, 0.1) is 18.3 Å². The van der Waals surface area contributed by atoms with Gasteiger partial charge in [-0.05, 0) is 50.8 Å². The van der Waals surface area contributed by atoms with E-state index in [2.05, 4.69) is 42.2 Å². The Bertz CT molecular complexity index is 395. The Morgan fingerprint density at radius 3 is 2.67 bits per heavy atom. The monoisotopic (exact) mass is 376 g/mol. The van der Waals surface area contributed by atoms with E-state index in [1.165, 1.54) is 32.1 Å². The highest BCUT2D eigenvalue weighted by molar-refractivity contribution is 9.11. The van der Waals surface area contributed by atoms with Crippen molar-refractivity contribution in [1.29, 1.82) is 0 Å². The van der Waals surface area contributed by atoms with Crippen molar-refractivity contribution >= 4 is 31.9 Å². The lowest BCUT2D eigenvalue weighted by atomic mass is 9.94. The standard InChI is InChI=1S/C13H18Br2N2O/c14-9-6-11(15)13(16-7-9)12(8-18)17-10-4-2-1-3-5-10/h6-7,10,12,17-18H,1-5,8H2. The Morgan fingerprint density at radius 2 is 2.06 bits per heavy atom. The molecule has 5 heteroatoms. The second-order valence-corrected chi connectivity index (χ2v) is 6.53. The molecule has 1 aromatic heterocycles. The van der Waals surface area contributed by atoms with Gasteiger partial charge in [0.1, 0.15) is 0 Å². The lowest BCUT2D eigenvalue weighted by Crippen LogP contribution is -2.36. The van der Waals surface area contributed by atoms with Gasteiger partial charge in [-0.3, -0.25) is 4.98 Å². The van der Waals surface area contributed by atoms with Gasteiger partial charge >= 0.3 is 0 Å². The summed E-state index contributed by atoms with van der Waals surface area (Å²) in [5.74, 6) is 0. The predicted molar refractivity (Wildman–Crippen MR) is 79.5 cm³/mol. The number of nitrogens with one attached hydrogen (secondary N) is 1. The summed E-state index contributed by atoms with van der Waals surface area (Å²) in [4.78, 5) is 4.40. The smallest absolute Gasteiger partial charge is 0.0743 e. The molecular formula is C13H18Br2N2O. The zero-order valence-corrected chi connectivity index (χ0v) is 13.4. The van der Waals surface area contributed by atoms with Gasteiger partial charge in [-0.1, -0.05) is 19.3 Å². The average Bonchev–Trinajstić information content (AvgIpc) is 2.38. The van der Waals surface area contributed by atoms with Crippen LogP contribution in [0.15, 0.2) is 21.2 Å². The van der Waals surface area contributed by atoms with E-state index in [0.29, 0.717) is 6.04 Å². The Labute approximate surface area is 125 Å². The number of aliphatic hydroxyl groups is 1. The van der Waals surface area contributed by atoms with Crippen LogP contribution in [0.4, 0.5) is 0 Å². The van der Waals surface area contributed by atoms with Crippen LogP contribution in [0.1, 0.15) is 43.8 Å². The Hall–Kier alpha value is 0.0300. The fraction of sp³-hybridized carbons (Fsp3) is 0.615. The highest BCUT2D eigenvalue weighted by Crippen LogP contribution is 2.26. The number of rotatable bonds is 4. The minimum absolute atomic E-state index is 0.0731. The Kier molecular flexibility index (Phi) is 5.60. The summed E-state index contributed by atoms with van der Waals surface area (Å²) in [7, 11) is 0. The van der Waals surface area contributed by atoms with Gasteiger partial charge in [-0.25, -0.2) is 0 Å². The second-order valence-electron chi connectivity index (χ2n) is 4.76. The first-order valence-electron chi connectivity index (χ1n) is 6.38. The molecule has 2 rings (SSSR count). The zero-order chi connectivity index (χ0) is 13.0.